The first-order valence-corrected chi connectivity index (χ1v) is 3.22. The number of hydrogen-bond donors (Lipinski definition) is 1. The Morgan fingerprint density at radius 3 is 2.75 bits per heavy atom. The second-order valence-electron chi connectivity index (χ2n) is 2.31. The van der Waals surface area contributed by atoms with Gasteiger partial charge in [-0.15, -0.1) is 0 Å². The van der Waals surface area contributed by atoms with Crippen LogP contribution in [-0.2, 0) is 4.84 Å². The van der Waals surface area contributed by atoms with E-state index < -0.39 is 0 Å². The molecule has 0 radical (unpaired) electrons. The van der Waals surface area contributed by atoms with Crippen molar-refractivity contribution in [1.29, 1.82) is 0 Å². The summed E-state index contributed by atoms with van der Waals surface area (Å²) in [5, 5.41) is 0. The minimum Gasteiger partial charge on any atom is -0.302 e. The standard InChI is InChI=1S/C6H13NO/c1-7-8-5-6-3-2-4-6/h6-7H,2-5H2,1H3. The van der Waals surface area contributed by atoms with Crippen molar-refractivity contribution in [2.75, 3.05) is 13.7 Å². The molecule has 2 heteroatoms. The van der Waals surface area contributed by atoms with Crippen LogP contribution in [0.2, 0.25) is 0 Å². The number of nitrogens with one attached hydrogen (secondary N) is 1. The van der Waals surface area contributed by atoms with Crippen LogP contribution in [0.5, 0.6) is 0 Å². The Bertz CT molecular complexity index is 61.5. The van der Waals surface area contributed by atoms with Crippen molar-refractivity contribution in [3.63, 3.8) is 0 Å². The molecule has 1 saturated carbocycles. The third-order valence-corrected chi connectivity index (χ3v) is 1.69. The minimum absolute atomic E-state index is 0.849. The summed E-state index contributed by atoms with van der Waals surface area (Å²) in [6.45, 7) is 0.899. The first kappa shape index (κ1) is 6.05. The molecule has 1 aliphatic rings. The van der Waals surface area contributed by atoms with E-state index >= 15 is 0 Å². The summed E-state index contributed by atoms with van der Waals surface area (Å²) in [4.78, 5) is 4.99. The van der Waals surface area contributed by atoms with Gasteiger partial charge in [-0.25, -0.2) is 5.48 Å². The van der Waals surface area contributed by atoms with Crippen molar-refractivity contribution in [2.45, 2.75) is 19.3 Å². The smallest absolute Gasteiger partial charge is 0.0710 e. The first-order valence-electron chi connectivity index (χ1n) is 3.22. The molecule has 1 rings (SSSR count). The third kappa shape index (κ3) is 1.46. The van der Waals surface area contributed by atoms with Gasteiger partial charge in [-0.1, -0.05) is 6.42 Å². The van der Waals surface area contributed by atoms with Crippen LogP contribution in [0.3, 0.4) is 0 Å². The predicted molar refractivity (Wildman–Crippen MR) is 32.4 cm³/mol. The second-order valence-corrected chi connectivity index (χ2v) is 2.31. The van der Waals surface area contributed by atoms with Gasteiger partial charge in [0.1, 0.15) is 0 Å². The van der Waals surface area contributed by atoms with Crippen LogP contribution in [-0.4, -0.2) is 13.7 Å². The maximum atomic E-state index is 4.99. The minimum atomic E-state index is 0.849. The average Bonchev–Trinajstić information content (AvgIpc) is 1.63. The van der Waals surface area contributed by atoms with Crippen LogP contribution in [0.1, 0.15) is 19.3 Å². The average molecular weight is 115 g/mol. The monoisotopic (exact) mass is 115 g/mol. The van der Waals surface area contributed by atoms with Crippen LogP contribution in [0.15, 0.2) is 0 Å². The highest BCUT2D eigenvalue weighted by molar-refractivity contribution is 4.67. The fraction of sp³-hybridized carbons (Fsp3) is 1.00. The van der Waals surface area contributed by atoms with Gasteiger partial charge in [0.25, 0.3) is 0 Å². The van der Waals surface area contributed by atoms with Gasteiger partial charge in [-0.2, -0.15) is 0 Å². The highest BCUT2D eigenvalue weighted by Crippen LogP contribution is 2.25. The molecule has 0 amide bonds. The molecule has 0 atom stereocenters. The first-order chi connectivity index (χ1) is 3.93. The predicted octanol–water partition coefficient (Wildman–Crippen LogP) is 0.937. The van der Waals surface area contributed by atoms with E-state index in [1.807, 2.05) is 0 Å². The number of rotatable bonds is 3. The Labute approximate surface area is 50.2 Å². The van der Waals surface area contributed by atoms with E-state index in [1.165, 1.54) is 19.3 Å². The lowest BCUT2D eigenvalue weighted by molar-refractivity contribution is 0.0121. The van der Waals surface area contributed by atoms with E-state index in [0.29, 0.717) is 0 Å². The SMILES string of the molecule is CNOCC1CCC1. The zero-order chi connectivity index (χ0) is 5.82. The maximum absolute atomic E-state index is 4.99. The Morgan fingerprint density at radius 2 is 2.38 bits per heavy atom. The largest absolute Gasteiger partial charge is 0.302 e. The van der Waals surface area contributed by atoms with Gasteiger partial charge in [0.05, 0.1) is 6.61 Å². The molecule has 0 aromatic carbocycles. The lowest BCUT2D eigenvalue weighted by atomic mass is 9.86. The van der Waals surface area contributed by atoms with E-state index in [2.05, 4.69) is 5.48 Å². The van der Waals surface area contributed by atoms with Crippen molar-refractivity contribution in [1.82, 2.24) is 5.48 Å². The third-order valence-electron chi connectivity index (χ3n) is 1.69. The van der Waals surface area contributed by atoms with Gasteiger partial charge in [0.2, 0.25) is 0 Å². The molecule has 0 aromatic rings. The van der Waals surface area contributed by atoms with E-state index in [9.17, 15) is 0 Å². The molecule has 0 bridgehead atoms. The molecule has 0 unspecified atom stereocenters. The maximum Gasteiger partial charge on any atom is 0.0710 e. The molecule has 1 fully saturated rings. The zero-order valence-electron chi connectivity index (χ0n) is 5.31. The highest BCUT2D eigenvalue weighted by Gasteiger charge is 2.16. The fourth-order valence-corrected chi connectivity index (χ4v) is 0.861. The summed E-state index contributed by atoms with van der Waals surface area (Å²) >= 11 is 0. The second kappa shape index (κ2) is 3.05. The summed E-state index contributed by atoms with van der Waals surface area (Å²) in [5.74, 6) is 0.849. The summed E-state index contributed by atoms with van der Waals surface area (Å²) in [7, 11) is 1.80. The van der Waals surface area contributed by atoms with Gasteiger partial charge in [0, 0.05) is 7.05 Å². The van der Waals surface area contributed by atoms with Crippen molar-refractivity contribution in [2.24, 2.45) is 5.92 Å². The summed E-state index contributed by atoms with van der Waals surface area (Å²) < 4.78 is 0. The van der Waals surface area contributed by atoms with Crippen molar-refractivity contribution in [3.8, 4) is 0 Å². The molecule has 0 heterocycles. The van der Waals surface area contributed by atoms with Gasteiger partial charge in [0.15, 0.2) is 0 Å². The molecule has 0 saturated heterocycles. The van der Waals surface area contributed by atoms with E-state index in [4.69, 9.17) is 4.84 Å². The molecule has 1 aliphatic carbocycles. The Hall–Kier alpha value is -0.0800. The van der Waals surface area contributed by atoms with Crippen LogP contribution in [0, 0.1) is 5.92 Å². The Balaban J connectivity index is 1.86. The lowest BCUT2D eigenvalue weighted by Crippen LogP contribution is -2.21. The lowest BCUT2D eigenvalue weighted by Gasteiger charge is -2.24. The molecular formula is C6H13NO. The molecule has 2 nitrogen and oxygen atoms in total. The summed E-state index contributed by atoms with van der Waals surface area (Å²) in [6, 6.07) is 0. The quantitative estimate of drug-likeness (QED) is 0.553. The van der Waals surface area contributed by atoms with Gasteiger partial charge < -0.3 is 4.84 Å². The van der Waals surface area contributed by atoms with Crippen LogP contribution < -0.4 is 5.48 Å². The van der Waals surface area contributed by atoms with Gasteiger partial charge >= 0.3 is 0 Å². The summed E-state index contributed by atoms with van der Waals surface area (Å²) in [6.07, 6.45) is 4.13. The van der Waals surface area contributed by atoms with Crippen LogP contribution in [0.25, 0.3) is 0 Å². The number of hydrogen-bond acceptors (Lipinski definition) is 2. The summed E-state index contributed by atoms with van der Waals surface area (Å²) in [5.41, 5.74) is 2.67. The normalized spacial score (nSPS) is 20.6. The van der Waals surface area contributed by atoms with E-state index in [0.717, 1.165) is 12.5 Å². The van der Waals surface area contributed by atoms with E-state index in [-0.39, 0.29) is 0 Å². The molecule has 8 heavy (non-hydrogen) atoms. The molecule has 0 aliphatic heterocycles. The number of hydroxylamine groups is 1. The zero-order valence-corrected chi connectivity index (χ0v) is 5.31. The molecule has 48 valence electrons. The fourth-order valence-electron chi connectivity index (χ4n) is 0.861. The van der Waals surface area contributed by atoms with Crippen LogP contribution >= 0.6 is 0 Å². The van der Waals surface area contributed by atoms with Crippen LogP contribution in [0.4, 0.5) is 0 Å². The van der Waals surface area contributed by atoms with Gasteiger partial charge in [-0.05, 0) is 18.8 Å². The van der Waals surface area contributed by atoms with Gasteiger partial charge in [-0.3, -0.25) is 0 Å². The molecular weight excluding hydrogens is 102 g/mol. The van der Waals surface area contributed by atoms with Crippen molar-refractivity contribution < 1.29 is 4.84 Å². The Kier molecular flexibility index (Phi) is 2.30. The molecule has 0 spiro atoms. The van der Waals surface area contributed by atoms with Crippen molar-refractivity contribution in [3.05, 3.63) is 0 Å². The Morgan fingerprint density at radius 1 is 1.62 bits per heavy atom. The van der Waals surface area contributed by atoms with E-state index in [1.54, 1.807) is 7.05 Å². The highest BCUT2D eigenvalue weighted by atomic mass is 16.6. The van der Waals surface area contributed by atoms with Crippen molar-refractivity contribution >= 4 is 0 Å². The molecule has 0 aromatic heterocycles. The molecule has 1 N–H and O–H groups in total. The topological polar surface area (TPSA) is 21.3 Å².